The van der Waals surface area contributed by atoms with Crippen molar-refractivity contribution in [3.05, 3.63) is 28.7 Å². The molecule has 0 radical (unpaired) electrons. The average Bonchev–Trinajstić information content (AvgIpc) is 2.62. The molecule has 2 rings (SSSR count). The Morgan fingerprint density at radius 1 is 1.33 bits per heavy atom. The number of piperidine rings is 1. The maximum absolute atomic E-state index is 12.4. The standard InChI is InChI=1S/C18H24BrN3O4S/c1-2-26-18(25)21-15-7-4-8-22(10-15)17(24)12-27-11-16(23)20-14-6-3-5-13(19)9-14/h3,5-6,9,15H,2,4,7-8,10-12H2,1H3,(H,20,23)(H,21,25). The highest BCUT2D eigenvalue weighted by Gasteiger charge is 2.25. The predicted molar refractivity (Wildman–Crippen MR) is 110 cm³/mol. The Kier molecular flexibility index (Phi) is 8.93. The van der Waals surface area contributed by atoms with Crippen molar-refractivity contribution in [1.82, 2.24) is 10.2 Å². The molecule has 1 unspecified atom stereocenters. The van der Waals surface area contributed by atoms with Crippen LogP contribution >= 0.6 is 27.7 Å². The molecule has 0 aromatic heterocycles. The Hall–Kier alpha value is -1.74. The van der Waals surface area contributed by atoms with E-state index in [1.165, 1.54) is 11.8 Å². The molecule has 27 heavy (non-hydrogen) atoms. The van der Waals surface area contributed by atoms with E-state index < -0.39 is 6.09 Å². The molecule has 1 aromatic carbocycles. The van der Waals surface area contributed by atoms with Crippen molar-refractivity contribution >= 4 is 51.3 Å². The number of hydrogen-bond donors (Lipinski definition) is 2. The van der Waals surface area contributed by atoms with Gasteiger partial charge >= 0.3 is 6.09 Å². The van der Waals surface area contributed by atoms with Gasteiger partial charge in [-0.3, -0.25) is 9.59 Å². The summed E-state index contributed by atoms with van der Waals surface area (Å²) in [6, 6.07) is 7.26. The van der Waals surface area contributed by atoms with E-state index in [0.29, 0.717) is 25.4 Å². The lowest BCUT2D eigenvalue weighted by Crippen LogP contribution is -2.50. The second kappa shape index (κ2) is 11.2. The number of nitrogens with one attached hydrogen (secondary N) is 2. The second-order valence-corrected chi connectivity index (χ2v) is 8.00. The van der Waals surface area contributed by atoms with Gasteiger partial charge < -0.3 is 20.3 Å². The van der Waals surface area contributed by atoms with E-state index in [1.54, 1.807) is 11.8 Å². The molecular formula is C18H24BrN3O4S. The summed E-state index contributed by atoms with van der Waals surface area (Å²) < 4.78 is 5.77. The molecule has 2 N–H and O–H groups in total. The number of alkyl carbamates (subject to hydrolysis) is 1. The summed E-state index contributed by atoms with van der Waals surface area (Å²) in [4.78, 5) is 37.6. The highest BCUT2D eigenvalue weighted by atomic mass is 79.9. The maximum Gasteiger partial charge on any atom is 0.407 e. The van der Waals surface area contributed by atoms with Crippen LogP contribution in [0.25, 0.3) is 0 Å². The lowest BCUT2D eigenvalue weighted by atomic mass is 10.1. The van der Waals surface area contributed by atoms with Crippen molar-refractivity contribution < 1.29 is 19.1 Å². The van der Waals surface area contributed by atoms with Crippen LogP contribution in [0.4, 0.5) is 10.5 Å². The van der Waals surface area contributed by atoms with Crippen molar-refractivity contribution in [3.63, 3.8) is 0 Å². The summed E-state index contributed by atoms with van der Waals surface area (Å²) in [7, 11) is 0. The fourth-order valence-corrected chi connectivity index (χ4v) is 3.86. The SMILES string of the molecule is CCOC(=O)NC1CCCN(C(=O)CSCC(=O)Nc2cccc(Br)c2)C1. The van der Waals surface area contributed by atoms with Crippen LogP contribution in [0.5, 0.6) is 0 Å². The van der Waals surface area contributed by atoms with Gasteiger partial charge in [-0.1, -0.05) is 22.0 Å². The van der Waals surface area contributed by atoms with Crippen LogP contribution in [0.3, 0.4) is 0 Å². The quantitative estimate of drug-likeness (QED) is 0.656. The molecule has 7 nitrogen and oxygen atoms in total. The fraction of sp³-hybridized carbons (Fsp3) is 0.500. The van der Waals surface area contributed by atoms with Gasteiger partial charge in [0.25, 0.3) is 0 Å². The highest BCUT2D eigenvalue weighted by Crippen LogP contribution is 2.16. The number of carbonyl (C=O) groups excluding carboxylic acids is 3. The van der Waals surface area contributed by atoms with Crippen molar-refractivity contribution in [1.29, 1.82) is 0 Å². The first kappa shape index (κ1) is 21.6. The molecule has 0 bridgehead atoms. The summed E-state index contributed by atoms with van der Waals surface area (Å²) in [5, 5.41) is 5.58. The summed E-state index contributed by atoms with van der Waals surface area (Å²) in [5.74, 6) is 0.270. The van der Waals surface area contributed by atoms with Crippen LogP contribution in [-0.4, -0.2) is 60.1 Å². The van der Waals surface area contributed by atoms with Crippen molar-refractivity contribution in [2.24, 2.45) is 0 Å². The molecule has 1 saturated heterocycles. The normalized spacial score (nSPS) is 16.5. The Morgan fingerprint density at radius 3 is 2.89 bits per heavy atom. The molecule has 0 saturated carbocycles. The van der Waals surface area contributed by atoms with E-state index in [4.69, 9.17) is 4.74 Å². The second-order valence-electron chi connectivity index (χ2n) is 6.10. The third kappa shape index (κ3) is 7.80. The van der Waals surface area contributed by atoms with Gasteiger partial charge in [0, 0.05) is 29.3 Å². The number of amides is 3. The Labute approximate surface area is 171 Å². The monoisotopic (exact) mass is 457 g/mol. The zero-order valence-corrected chi connectivity index (χ0v) is 17.6. The lowest BCUT2D eigenvalue weighted by Gasteiger charge is -2.32. The van der Waals surface area contributed by atoms with Crippen molar-refractivity contribution in [2.45, 2.75) is 25.8 Å². The van der Waals surface area contributed by atoms with Crippen LogP contribution in [0.15, 0.2) is 28.7 Å². The number of rotatable bonds is 7. The average molecular weight is 458 g/mol. The summed E-state index contributed by atoms with van der Waals surface area (Å²) >= 11 is 4.64. The number of anilines is 1. The first-order valence-electron chi connectivity index (χ1n) is 8.82. The van der Waals surface area contributed by atoms with Crippen molar-refractivity contribution in [2.75, 3.05) is 36.5 Å². The van der Waals surface area contributed by atoms with E-state index >= 15 is 0 Å². The zero-order valence-electron chi connectivity index (χ0n) is 15.2. The third-order valence-corrected chi connectivity index (χ3v) is 5.35. The number of ether oxygens (including phenoxy) is 1. The largest absolute Gasteiger partial charge is 0.450 e. The molecule has 1 fully saturated rings. The van der Waals surface area contributed by atoms with Crippen LogP contribution in [0, 0.1) is 0 Å². The molecule has 1 aliphatic heterocycles. The van der Waals surface area contributed by atoms with Crippen LogP contribution in [0.1, 0.15) is 19.8 Å². The lowest BCUT2D eigenvalue weighted by molar-refractivity contribution is -0.129. The van der Waals surface area contributed by atoms with E-state index in [-0.39, 0.29) is 29.4 Å². The molecule has 9 heteroatoms. The van der Waals surface area contributed by atoms with Gasteiger partial charge in [0.05, 0.1) is 18.1 Å². The van der Waals surface area contributed by atoms with Gasteiger partial charge in [0.2, 0.25) is 11.8 Å². The van der Waals surface area contributed by atoms with Gasteiger partial charge in [0.1, 0.15) is 0 Å². The number of carbonyl (C=O) groups is 3. The van der Waals surface area contributed by atoms with Crippen LogP contribution < -0.4 is 10.6 Å². The van der Waals surface area contributed by atoms with E-state index in [1.807, 2.05) is 24.3 Å². The van der Waals surface area contributed by atoms with Crippen LogP contribution in [0.2, 0.25) is 0 Å². The summed E-state index contributed by atoms with van der Waals surface area (Å²) in [6.07, 6.45) is 1.21. The van der Waals surface area contributed by atoms with Gasteiger partial charge in [-0.2, -0.15) is 0 Å². The predicted octanol–water partition coefficient (Wildman–Crippen LogP) is 2.86. The number of hydrogen-bond acceptors (Lipinski definition) is 5. The molecule has 1 atom stereocenters. The minimum Gasteiger partial charge on any atom is -0.450 e. The molecule has 1 aliphatic rings. The minimum absolute atomic E-state index is 0.0226. The molecule has 0 aliphatic carbocycles. The summed E-state index contributed by atoms with van der Waals surface area (Å²) in [5.41, 5.74) is 0.713. The number of benzene rings is 1. The highest BCUT2D eigenvalue weighted by molar-refractivity contribution is 9.10. The van der Waals surface area contributed by atoms with Gasteiger partial charge in [-0.15, -0.1) is 11.8 Å². The molecule has 1 heterocycles. The topological polar surface area (TPSA) is 87.7 Å². The Balaban J connectivity index is 1.70. The Bertz CT molecular complexity index is 674. The van der Waals surface area contributed by atoms with Gasteiger partial charge in [-0.25, -0.2) is 4.79 Å². The molecule has 148 valence electrons. The zero-order chi connectivity index (χ0) is 19.6. The third-order valence-electron chi connectivity index (χ3n) is 3.94. The summed E-state index contributed by atoms with van der Waals surface area (Å²) in [6.45, 7) is 3.22. The van der Waals surface area contributed by atoms with E-state index in [0.717, 1.165) is 17.3 Å². The first-order valence-corrected chi connectivity index (χ1v) is 10.8. The van der Waals surface area contributed by atoms with Gasteiger partial charge in [0.15, 0.2) is 0 Å². The Morgan fingerprint density at radius 2 is 2.15 bits per heavy atom. The van der Waals surface area contributed by atoms with E-state index in [9.17, 15) is 14.4 Å². The fourth-order valence-electron chi connectivity index (χ4n) is 2.75. The molecular weight excluding hydrogens is 434 g/mol. The maximum atomic E-state index is 12.4. The minimum atomic E-state index is -0.449. The first-order chi connectivity index (χ1) is 13.0. The molecule has 3 amide bonds. The number of likely N-dealkylation sites (tertiary alicyclic amines) is 1. The van der Waals surface area contributed by atoms with Crippen molar-refractivity contribution in [3.8, 4) is 0 Å². The number of thioether (sulfide) groups is 1. The molecule has 0 spiro atoms. The molecule has 1 aromatic rings. The van der Waals surface area contributed by atoms with Gasteiger partial charge in [-0.05, 0) is 38.0 Å². The van der Waals surface area contributed by atoms with Crippen LogP contribution in [-0.2, 0) is 14.3 Å². The number of halogens is 1. The smallest absolute Gasteiger partial charge is 0.407 e. The number of nitrogens with zero attached hydrogens (tertiary/aromatic N) is 1. The van der Waals surface area contributed by atoms with E-state index in [2.05, 4.69) is 26.6 Å².